The van der Waals surface area contributed by atoms with Crippen molar-refractivity contribution < 1.29 is 0 Å². The quantitative estimate of drug-likeness (QED) is 0.681. The molecule has 1 aliphatic heterocycles. The summed E-state index contributed by atoms with van der Waals surface area (Å²) in [6.07, 6.45) is 3.84. The summed E-state index contributed by atoms with van der Waals surface area (Å²) in [7, 11) is 4.23. The summed E-state index contributed by atoms with van der Waals surface area (Å²) in [5, 5.41) is 6.90. The maximum atomic E-state index is 3.71. The fourth-order valence-electron chi connectivity index (χ4n) is 2.02. The van der Waals surface area contributed by atoms with E-state index < -0.39 is 0 Å². The van der Waals surface area contributed by atoms with Crippen LogP contribution in [0.1, 0.15) is 26.2 Å². The van der Waals surface area contributed by atoms with Crippen molar-refractivity contribution in [2.45, 2.75) is 38.3 Å². The van der Waals surface area contributed by atoms with Crippen LogP contribution in [0.3, 0.4) is 0 Å². The van der Waals surface area contributed by atoms with Gasteiger partial charge in [-0.2, -0.15) is 0 Å². The molecule has 3 heteroatoms. The van der Waals surface area contributed by atoms with Crippen LogP contribution < -0.4 is 10.6 Å². The lowest BCUT2D eigenvalue weighted by Crippen LogP contribution is -2.44. The van der Waals surface area contributed by atoms with Crippen molar-refractivity contribution in [2.75, 3.05) is 33.7 Å². The molecular weight excluding hydrogens is 174 g/mol. The topological polar surface area (TPSA) is 27.3 Å². The van der Waals surface area contributed by atoms with Crippen molar-refractivity contribution in [2.24, 2.45) is 0 Å². The van der Waals surface area contributed by atoms with Gasteiger partial charge in [0.15, 0.2) is 0 Å². The van der Waals surface area contributed by atoms with E-state index in [0.29, 0.717) is 6.04 Å². The van der Waals surface area contributed by atoms with E-state index in [1.165, 1.54) is 32.4 Å². The molecule has 84 valence electrons. The van der Waals surface area contributed by atoms with Crippen LogP contribution in [0, 0.1) is 0 Å². The molecule has 1 atom stereocenters. The van der Waals surface area contributed by atoms with E-state index >= 15 is 0 Å². The average Bonchev–Trinajstić information content (AvgIpc) is 2.18. The molecule has 0 amide bonds. The van der Waals surface area contributed by atoms with Gasteiger partial charge in [-0.15, -0.1) is 0 Å². The second-order valence-electron chi connectivity index (χ2n) is 4.54. The Labute approximate surface area is 88.2 Å². The van der Waals surface area contributed by atoms with Crippen LogP contribution in [0.25, 0.3) is 0 Å². The van der Waals surface area contributed by atoms with Gasteiger partial charge >= 0.3 is 0 Å². The van der Waals surface area contributed by atoms with Crippen LogP contribution in [0.4, 0.5) is 0 Å². The Balaban J connectivity index is 2.10. The summed E-state index contributed by atoms with van der Waals surface area (Å²) in [6, 6.07) is 1.40. The number of nitrogens with zero attached hydrogens (tertiary/aromatic N) is 1. The largest absolute Gasteiger partial charge is 0.320 e. The second-order valence-corrected chi connectivity index (χ2v) is 4.54. The Morgan fingerprint density at radius 1 is 1.36 bits per heavy atom. The lowest BCUT2D eigenvalue weighted by molar-refractivity contribution is 0.224. The van der Waals surface area contributed by atoms with E-state index in [-0.39, 0.29) is 0 Å². The second kappa shape index (κ2) is 6.38. The lowest BCUT2D eigenvalue weighted by Gasteiger charge is -2.31. The Kier molecular flexibility index (Phi) is 5.45. The van der Waals surface area contributed by atoms with Crippen molar-refractivity contribution in [3.8, 4) is 0 Å². The molecule has 1 rings (SSSR count). The minimum absolute atomic E-state index is 0.649. The maximum Gasteiger partial charge on any atom is 0.00938 e. The molecule has 0 bridgehead atoms. The van der Waals surface area contributed by atoms with E-state index in [0.717, 1.165) is 12.6 Å². The minimum Gasteiger partial charge on any atom is -0.320 e. The van der Waals surface area contributed by atoms with E-state index in [2.05, 4.69) is 29.5 Å². The van der Waals surface area contributed by atoms with Gasteiger partial charge < -0.3 is 15.5 Å². The molecule has 1 fully saturated rings. The average molecular weight is 199 g/mol. The van der Waals surface area contributed by atoms with Gasteiger partial charge in [0.25, 0.3) is 0 Å². The summed E-state index contributed by atoms with van der Waals surface area (Å²) in [6.45, 7) is 5.89. The molecule has 0 aromatic carbocycles. The molecule has 3 nitrogen and oxygen atoms in total. The van der Waals surface area contributed by atoms with Gasteiger partial charge in [-0.3, -0.25) is 0 Å². The molecule has 0 spiro atoms. The van der Waals surface area contributed by atoms with Crippen molar-refractivity contribution in [1.82, 2.24) is 15.5 Å². The molecule has 0 aliphatic carbocycles. The first-order valence-corrected chi connectivity index (χ1v) is 5.81. The van der Waals surface area contributed by atoms with Gasteiger partial charge in [0.05, 0.1) is 0 Å². The number of piperidine rings is 1. The highest BCUT2D eigenvalue weighted by atomic mass is 15.1. The fraction of sp³-hybridized carbons (Fsp3) is 1.00. The highest BCUT2D eigenvalue weighted by Crippen LogP contribution is 2.09. The molecule has 14 heavy (non-hydrogen) atoms. The molecule has 1 saturated heterocycles. The van der Waals surface area contributed by atoms with Gasteiger partial charge in [-0.25, -0.2) is 0 Å². The van der Waals surface area contributed by atoms with Crippen molar-refractivity contribution in [3.05, 3.63) is 0 Å². The first-order valence-electron chi connectivity index (χ1n) is 5.81. The van der Waals surface area contributed by atoms with Crippen LogP contribution in [0.5, 0.6) is 0 Å². The van der Waals surface area contributed by atoms with E-state index in [9.17, 15) is 0 Å². The Hall–Kier alpha value is -0.120. The SMILES string of the molecule is CNCCC(C)NC1CCN(C)CC1. The third-order valence-corrected chi connectivity index (χ3v) is 3.07. The van der Waals surface area contributed by atoms with Crippen molar-refractivity contribution in [3.63, 3.8) is 0 Å². The summed E-state index contributed by atoms with van der Waals surface area (Å²) in [5.74, 6) is 0. The highest BCUT2D eigenvalue weighted by molar-refractivity contribution is 4.78. The number of hydrogen-bond acceptors (Lipinski definition) is 3. The Morgan fingerprint density at radius 2 is 2.00 bits per heavy atom. The van der Waals surface area contributed by atoms with Crippen LogP contribution in [0.2, 0.25) is 0 Å². The standard InChI is InChI=1S/C11H25N3/c1-10(4-7-12-2)13-11-5-8-14(3)9-6-11/h10-13H,4-9H2,1-3H3. The Bertz CT molecular complexity index is 141. The zero-order chi connectivity index (χ0) is 10.4. The van der Waals surface area contributed by atoms with Gasteiger partial charge in [0.2, 0.25) is 0 Å². The minimum atomic E-state index is 0.649. The third-order valence-electron chi connectivity index (χ3n) is 3.07. The lowest BCUT2D eigenvalue weighted by atomic mass is 10.0. The summed E-state index contributed by atoms with van der Waals surface area (Å²) >= 11 is 0. The number of rotatable bonds is 5. The normalized spacial score (nSPS) is 22.5. The van der Waals surface area contributed by atoms with Crippen molar-refractivity contribution in [1.29, 1.82) is 0 Å². The zero-order valence-corrected chi connectivity index (χ0v) is 9.84. The molecule has 1 aliphatic rings. The van der Waals surface area contributed by atoms with Gasteiger partial charge in [-0.1, -0.05) is 0 Å². The highest BCUT2D eigenvalue weighted by Gasteiger charge is 2.17. The third kappa shape index (κ3) is 4.40. The molecule has 1 unspecified atom stereocenters. The zero-order valence-electron chi connectivity index (χ0n) is 9.84. The molecule has 1 heterocycles. The maximum absolute atomic E-state index is 3.71. The fourth-order valence-corrected chi connectivity index (χ4v) is 2.02. The Morgan fingerprint density at radius 3 is 2.57 bits per heavy atom. The van der Waals surface area contributed by atoms with Crippen LogP contribution in [-0.2, 0) is 0 Å². The summed E-state index contributed by atoms with van der Waals surface area (Å²) in [5.41, 5.74) is 0. The predicted octanol–water partition coefficient (Wildman–Crippen LogP) is 0.668. The van der Waals surface area contributed by atoms with Gasteiger partial charge in [-0.05, 0) is 59.9 Å². The van der Waals surface area contributed by atoms with Crippen LogP contribution in [0.15, 0.2) is 0 Å². The van der Waals surface area contributed by atoms with E-state index in [1.807, 2.05) is 7.05 Å². The van der Waals surface area contributed by atoms with Gasteiger partial charge in [0.1, 0.15) is 0 Å². The molecule has 0 aromatic heterocycles. The van der Waals surface area contributed by atoms with Crippen LogP contribution in [-0.4, -0.2) is 50.7 Å². The van der Waals surface area contributed by atoms with Crippen LogP contribution >= 0.6 is 0 Å². The molecule has 0 aromatic rings. The van der Waals surface area contributed by atoms with E-state index in [4.69, 9.17) is 0 Å². The smallest absolute Gasteiger partial charge is 0.00938 e. The monoisotopic (exact) mass is 199 g/mol. The molecule has 0 radical (unpaired) electrons. The first kappa shape index (κ1) is 12.0. The molecule has 0 saturated carbocycles. The number of hydrogen-bond donors (Lipinski definition) is 2. The molecule has 2 N–H and O–H groups in total. The summed E-state index contributed by atoms with van der Waals surface area (Å²) < 4.78 is 0. The summed E-state index contributed by atoms with van der Waals surface area (Å²) in [4.78, 5) is 2.41. The number of nitrogens with one attached hydrogen (secondary N) is 2. The number of likely N-dealkylation sites (tertiary alicyclic amines) is 1. The van der Waals surface area contributed by atoms with E-state index in [1.54, 1.807) is 0 Å². The van der Waals surface area contributed by atoms with Crippen molar-refractivity contribution >= 4 is 0 Å². The molecular formula is C11H25N3. The predicted molar refractivity (Wildman–Crippen MR) is 61.7 cm³/mol. The first-order chi connectivity index (χ1) is 6.72. The van der Waals surface area contributed by atoms with Gasteiger partial charge in [0, 0.05) is 12.1 Å².